The summed E-state index contributed by atoms with van der Waals surface area (Å²) in [6.45, 7) is 2.56. The Balaban J connectivity index is 1.94. The van der Waals surface area contributed by atoms with E-state index in [1.807, 2.05) is 19.1 Å². The quantitative estimate of drug-likeness (QED) is 0.882. The van der Waals surface area contributed by atoms with Crippen molar-refractivity contribution in [3.8, 4) is 0 Å². The summed E-state index contributed by atoms with van der Waals surface area (Å²) in [6, 6.07) is 4.05. The fourth-order valence-corrected chi connectivity index (χ4v) is 2.24. The first-order chi connectivity index (χ1) is 8.69. The van der Waals surface area contributed by atoms with Gasteiger partial charge in [-0.2, -0.15) is 0 Å². The lowest BCUT2D eigenvalue weighted by Crippen LogP contribution is -2.23. The topological polar surface area (TPSA) is 66.9 Å². The molecule has 1 amide bonds. The molecule has 0 saturated carbocycles. The van der Waals surface area contributed by atoms with Gasteiger partial charge in [0.2, 0.25) is 0 Å². The Bertz CT molecular complexity index is 535. The minimum Gasteiger partial charge on any atom is -0.372 e. The molecule has 2 aromatic heterocycles. The molecule has 2 N–H and O–H groups in total. The van der Waals surface area contributed by atoms with Crippen LogP contribution >= 0.6 is 11.3 Å². The van der Waals surface area contributed by atoms with Crippen molar-refractivity contribution in [1.29, 1.82) is 0 Å². The van der Waals surface area contributed by atoms with E-state index in [1.54, 1.807) is 18.4 Å². The molecule has 2 rings (SSSR count). The first kappa shape index (κ1) is 12.5. The van der Waals surface area contributed by atoms with Gasteiger partial charge in [0.25, 0.3) is 5.91 Å². The fourth-order valence-electron chi connectivity index (χ4n) is 1.41. The summed E-state index contributed by atoms with van der Waals surface area (Å²) in [5.41, 5.74) is 0.322. The molecule has 0 aliphatic heterocycles. The van der Waals surface area contributed by atoms with Gasteiger partial charge >= 0.3 is 0 Å². The van der Waals surface area contributed by atoms with Crippen LogP contribution in [0.4, 0.5) is 5.82 Å². The number of carbonyl (C=O) groups is 1. The highest BCUT2D eigenvalue weighted by molar-refractivity contribution is 7.11. The molecule has 0 unspecified atom stereocenters. The molecule has 0 saturated heterocycles. The lowest BCUT2D eigenvalue weighted by Gasteiger charge is -2.03. The van der Waals surface area contributed by atoms with Gasteiger partial charge in [0, 0.05) is 16.8 Å². The van der Waals surface area contributed by atoms with Gasteiger partial charge in [-0.05, 0) is 19.1 Å². The maximum absolute atomic E-state index is 11.8. The van der Waals surface area contributed by atoms with Crippen LogP contribution in [-0.2, 0) is 6.54 Å². The number of nitrogens with one attached hydrogen (secondary N) is 2. The fraction of sp³-hybridized carbons (Fsp3) is 0.250. The minimum absolute atomic E-state index is 0.212. The molecule has 5 nitrogen and oxygen atoms in total. The van der Waals surface area contributed by atoms with Crippen LogP contribution in [0.5, 0.6) is 0 Å². The molecule has 18 heavy (non-hydrogen) atoms. The van der Waals surface area contributed by atoms with Crippen molar-refractivity contribution in [1.82, 2.24) is 15.3 Å². The molecule has 94 valence electrons. The van der Waals surface area contributed by atoms with Gasteiger partial charge < -0.3 is 10.6 Å². The predicted octanol–water partition coefficient (Wildman–Crippen LogP) is 1.82. The van der Waals surface area contributed by atoms with Gasteiger partial charge in [0.05, 0.1) is 18.9 Å². The van der Waals surface area contributed by atoms with Gasteiger partial charge in [-0.15, -0.1) is 11.3 Å². The minimum atomic E-state index is -0.212. The number of nitrogens with zero attached hydrogens (tertiary/aromatic N) is 2. The first-order valence-corrected chi connectivity index (χ1v) is 6.34. The molecule has 0 radical (unpaired) electrons. The predicted molar refractivity (Wildman–Crippen MR) is 71.8 cm³/mol. The van der Waals surface area contributed by atoms with E-state index in [-0.39, 0.29) is 5.91 Å². The molecule has 0 aliphatic carbocycles. The van der Waals surface area contributed by atoms with Crippen molar-refractivity contribution in [2.75, 3.05) is 12.4 Å². The molecular formula is C12H14N4OS. The normalized spacial score (nSPS) is 10.1. The van der Waals surface area contributed by atoms with E-state index < -0.39 is 0 Å². The van der Waals surface area contributed by atoms with Crippen LogP contribution in [0.2, 0.25) is 0 Å². The smallest absolute Gasteiger partial charge is 0.271 e. The Morgan fingerprint density at radius 1 is 1.33 bits per heavy atom. The zero-order valence-electron chi connectivity index (χ0n) is 10.2. The Labute approximate surface area is 109 Å². The lowest BCUT2D eigenvalue weighted by atomic mass is 10.4. The molecule has 2 aromatic rings. The summed E-state index contributed by atoms with van der Waals surface area (Å²) < 4.78 is 0. The van der Waals surface area contributed by atoms with Crippen LogP contribution < -0.4 is 10.6 Å². The standard InChI is InChI=1S/C12H14N4OS/c1-8-3-4-9(18-8)5-16-12(17)10-6-15-11(13-2)7-14-10/h3-4,6-7H,5H2,1-2H3,(H,13,15)(H,16,17). The number of anilines is 1. The van der Waals surface area contributed by atoms with E-state index in [0.29, 0.717) is 18.1 Å². The number of aromatic nitrogens is 2. The molecule has 0 bridgehead atoms. The third-order valence-electron chi connectivity index (χ3n) is 2.36. The van der Waals surface area contributed by atoms with Gasteiger partial charge in [0.15, 0.2) is 0 Å². The van der Waals surface area contributed by atoms with Crippen LogP contribution in [0.15, 0.2) is 24.5 Å². The van der Waals surface area contributed by atoms with Crippen molar-refractivity contribution < 1.29 is 4.79 Å². The van der Waals surface area contributed by atoms with E-state index >= 15 is 0 Å². The molecule has 2 heterocycles. The Morgan fingerprint density at radius 3 is 2.72 bits per heavy atom. The number of rotatable bonds is 4. The monoisotopic (exact) mass is 262 g/mol. The third-order valence-corrected chi connectivity index (χ3v) is 3.36. The molecule has 0 spiro atoms. The largest absolute Gasteiger partial charge is 0.372 e. The Kier molecular flexibility index (Phi) is 3.88. The average molecular weight is 262 g/mol. The summed E-state index contributed by atoms with van der Waals surface area (Å²) in [5.74, 6) is 0.427. The molecule has 0 aromatic carbocycles. The first-order valence-electron chi connectivity index (χ1n) is 5.52. The van der Waals surface area contributed by atoms with E-state index in [4.69, 9.17) is 0 Å². The number of amides is 1. The van der Waals surface area contributed by atoms with E-state index in [2.05, 4.69) is 20.6 Å². The SMILES string of the molecule is CNc1cnc(C(=O)NCc2ccc(C)s2)cn1. The average Bonchev–Trinajstić information content (AvgIpc) is 2.82. The highest BCUT2D eigenvalue weighted by atomic mass is 32.1. The summed E-state index contributed by atoms with van der Waals surface area (Å²) in [4.78, 5) is 22.2. The number of hydrogen-bond donors (Lipinski definition) is 2. The Morgan fingerprint density at radius 2 is 2.17 bits per heavy atom. The zero-order chi connectivity index (χ0) is 13.0. The van der Waals surface area contributed by atoms with Crippen LogP contribution in [-0.4, -0.2) is 22.9 Å². The second kappa shape index (κ2) is 5.59. The van der Waals surface area contributed by atoms with Crippen molar-refractivity contribution in [2.24, 2.45) is 0 Å². The zero-order valence-corrected chi connectivity index (χ0v) is 11.0. The number of thiophene rings is 1. The van der Waals surface area contributed by atoms with Crippen LogP contribution in [0.25, 0.3) is 0 Å². The number of aryl methyl sites for hydroxylation is 1. The molecule has 0 fully saturated rings. The molecule has 6 heteroatoms. The van der Waals surface area contributed by atoms with Gasteiger partial charge in [0.1, 0.15) is 11.5 Å². The van der Waals surface area contributed by atoms with Crippen LogP contribution in [0, 0.1) is 6.92 Å². The molecule has 0 aliphatic rings. The Hall–Kier alpha value is -1.95. The highest BCUT2D eigenvalue weighted by Gasteiger charge is 2.07. The maximum Gasteiger partial charge on any atom is 0.271 e. The third kappa shape index (κ3) is 3.04. The van der Waals surface area contributed by atoms with Crippen LogP contribution in [0.3, 0.4) is 0 Å². The number of carbonyl (C=O) groups excluding carboxylic acids is 1. The van der Waals surface area contributed by atoms with Crippen molar-refractivity contribution in [2.45, 2.75) is 13.5 Å². The van der Waals surface area contributed by atoms with Crippen molar-refractivity contribution in [3.63, 3.8) is 0 Å². The van der Waals surface area contributed by atoms with Crippen molar-refractivity contribution in [3.05, 3.63) is 40.0 Å². The second-order valence-corrected chi connectivity index (χ2v) is 5.10. The molecular weight excluding hydrogens is 248 g/mol. The van der Waals surface area contributed by atoms with Crippen molar-refractivity contribution >= 4 is 23.1 Å². The van der Waals surface area contributed by atoms with E-state index in [0.717, 1.165) is 4.88 Å². The highest BCUT2D eigenvalue weighted by Crippen LogP contribution is 2.14. The van der Waals surface area contributed by atoms with Gasteiger partial charge in [-0.3, -0.25) is 4.79 Å². The summed E-state index contributed by atoms with van der Waals surface area (Å²) in [6.07, 6.45) is 2.99. The summed E-state index contributed by atoms with van der Waals surface area (Å²) in [5, 5.41) is 5.66. The second-order valence-electron chi connectivity index (χ2n) is 3.73. The molecule has 0 atom stereocenters. The van der Waals surface area contributed by atoms with E-state index in [1.165, 1.54) is 17.3 Å². The lowest BCUT2D eigenvalue weighted by molar-refractivity contribution is 0.0946. The van der Waals surface area contributed by atoms with E-state index in [9.17, 15) is 4.79 Å². The summed E-state index contributed by atoms with van der Waals surface area (Å²) >= 11 is 1.67. The van der Waals surface area contributed by atoms with Gasteiger partial charge in [-0.25, -0.2) is 9.97 Å². The summed E-state index contributed by atoms with van der Waals surface area (Å²) in [7, 11) is 1.75. The maximum atomic E-state index is 11.8. The van der Waals surface area contributed by atoms with Crippen LogP contribution in [0.1, 0.15) is 20.2 Å². The number of hydrogen-bond acceptors (Lipinski definition) is 5. The van der Waals surface area contributed by atoms with Gasteiger partial charge in [-0.1, -0.05) is 0 Å².